The van der Waals surface area contributed by atoms with E-state index < -0.39 is 50.2 Å². The summed E-state index contributed by atoms with van der Waals surface area (Å²) >= 11 is 0. The summed E-state index contributed by atoms with van der Waals surface area (Å²) in [5.41, 5.74) is 0. The molecular formula is C22H16F7O6S2+. The Kier molecular flexibility index (Phi) is 7.63. The monoisotopic (exact) mass is 573 g/mol. The van der Waals surface area contributed by atoms with Crippen molar-refractivity contribution in [2.75, 3.05) is 0 Å². The Morgan fingerprint density at radius 1 is 0.676 bits per heavy atom. The summed E-state index contributed by atoms with van der Waals surface area (Å²) in [6, 6.07) is 15.5. The fourth-order valence-electron chi connectivity index (χ4n) is 3.15. The van der Waals surface area contributed by atoms with E-state index in [1.54, 1.807) is 24.3 Å². The SMILES string of the molecule is O=S(=O)(O)C(F)(C(Oc1ccc([S+](c2ccc(O)cc2)c2ccc(O)cc2)cc1)C(F)(F)F)C(F)(F)F. The van der Waals surface area contributed by atoms with Crippen LogP contribution in [0.1, 0.15) is 0 Å². The molecule has 0 bridgehead atoms. The first-order valence-corrected chi connectivity index (χ1v) is 12.5. The number of phenols is 2. The Balaban J connectivity index is 2.05. The van der Waals surface area contributed by atoms with Gasteiger partial charge in [0.15, 0.2) is 14.7 Å². The van der Waals surface area contributed by atoms with Crippen LogP contribution in [-0.4, -0.2) is 46.6 Å². The molecule has 0 aliphatic heterocycles. The Bertz CT molecular complexity index is 1280. The van der Waals surface area contributed by atoms with Crippen LogP contribution in [0.3, 0.4) is 0 Å². The Hall–Kier alpha value is -3.17. The van der Waals surface area contributed by atoms with Crippen molar-refractivity contribution in [3.8, 4) is 17.2 Å². The number of alkyl halides is 7. The Morgan fingerprint density at radius 3 is 1.32 bits per heavy atom. The van der Waals surface area contributed by atoms with Crippen LogP contribution in [0.5, 0.6) is 17.2 Å². The largest absolute Gasteiger partial charge is 0.508 e. The lowest BCUT2D eigenvalue weighted by Crippen LogP contribution is -2.63. The van der Waals surface area contributed by atoms with Crippen molar-refractivity contribution in [1.29, 1.82) is 0 Å². The van der Waals surface area contributed by atoms with Gasteiger partial charge in [-0.05, 0) is 72.8 Å². The van der Waals surface area contributed by atoms with Crippen molar-refractivity contribution in [3.63, 3.8) is 0 Å². The van der Waals surface area contributed by atoms with Gasteiger partial charge in [-0.15, -0.1) is 0 Å². The van der Waals surface area contributed by atoms with Gasteiger partial charge in [0, 0.05) is 0 Å². The number of benzene rings is 3. The van der Waals surface area contributed by atoms with Crippen molar-refractivity contribution < 1.29 is 58.7 Å². The Labute approximate surface area is 208 Å². The lowest BCUT2D eigenvalue weighted by atomic mass is 10.2. The molecule has 0 amide bonds. The topological polar surface area (TPSA) is 104 Å². The van der Waals surface area contributed by atoms with Crippen molar-refractivity contribution in [2.45, 2.75) is 38.1 Å². The molecule has 0 radical (unpaired) electrons. The summed E-state index contributed by atoms with van der Waals surface area (Å²) in [5, 5.41) is 12.9. The van der Waals surface area contributed by atoms with E-state index in [1.807, 2.05) is 0 Å². The molecule has 3 N–H and O–H groups in total. The van der Waals surface area contributed by atoms with Gasteiger partial charge in [-0.25, -0.2) is 4.39 Å². The molecule has 0 fully saturated rings. The molecule has 200 valence electrons. The van der Waals surface area contributed by atoms with E-state index in [0.717, 1.165) is 24.3 Å². The van der Waals surface area contributed by atoms with E-state index in [-0.39, 0.29) is 11.5 Å². The maximum atomic E-state index is 14.5. The van der Waals surface area contributed by atoms with E-state index in [0.29, 0.717) is 14.7 Å². The van der Waals surface area contributed by atoms with Crippen LogP contribution in [-0.2, 0) is 21.0 Å². The summed E-state index contributed by atoms with van der Waals surface area (Å²) in [7, 11) is -8.01. The van der Waals surface area contributed by atoms with Gasteiger partial charge in [0.25, 0.3) is 6.10 Å². The van der Waals surface area contributed by atoms with Crippen molar-refractivity contribution in [2.24, 2.45) is 0 Å². The molecule has 0 heterocycles. The second-order valence-corrected chi connectivity index (χ2v) is 11.0. The number of hydrogen-bond acceptors (Lipinski definition) is 5. The van der Waals surface area contributed by atoms with Gasteiger partial charge in [-0.3, -0.25) is 4.55 Å². The molecule has 0 saturated carbocycles. The lowest BCUT2D eigenvalue weighted by Gasteiger charge is -2.33. The highest BCUT2D eigenvalue weighted by atomic mass is 32.2. The lowest BCUT2D eigenvalue weighted by molar-refractivity contribution is -0.285. The van der Waals surface area contributed by atoms with E-state index >= 15 is 0 Å². The molecular weight excluding hydrogens is 557 g/mol. The first kappa shape index (κ1) is 28.4. The van der Waals surface area contributed by atoms with Crippen LogP contribution in [0, 0.1) is 0 Å². The fourth-order valence-corrected chi connectivity index (χ4v) is 5.93. The molecule has 6 nitrogen and oxygen atoms in total. The van der Waals surface area contributed by atoms with Gasteiger partial charge in [0.1, 0.15) is 17.2 Å². The second-order valence-electron chi connectivity index (χ2n) is 7.42. The number of phenolic OH excluding ortho intramolecular Hbond substituents is 2. The molecule has 2 atom stereocenters. The zero-order valence-electron chi connectivity index (χ0n) is 18.0. The molecule has 0 aromatic heterocycles. The zero-order chi connectivity index (χ0) is 27.8. The minimum absolute atomic E-state index is 0.0573. The third kappa shape index (κ3) is 5.88. The highest BCUT2D eigenvalue weighted by molar-refractivity contribution is 7.97. The van der Waals surface area contributed by atoms with Crippen LogP contribution in [0.2, 0.25) is 0 Å². The van der Waals surface area contributed by atoms with Crippen LogP contribution < -0.4 is 4.74 Å². The van der Waals surface area contributed by atoms with E-state index in [1.165, 1.54) is 24.3 Å². The molecule has 37 heavy (non-hydrogen) atoms. The predicted molar refractivity (Wildman–Crippen MR) is 117 cm³/mol. The van der Waals surface area contributed by atoms with Gasteiger partial charge in [-0.1, -0.05) is 0 Å². The molecule has 0 aliphatic rings. The number of hydrogen-bond donors (Lipinski definition) is 3. The molecule has 3 rings (SSSR count). The maximum absolute atomic E-state index is 14.5. The Morgan fingerprint density at radius 2 is 1.03 bits per heavy atom. The first-order valence-electron chi connectivity index (χ1n) is 9.83. The predicted octanol–water partition coefficient (Wildman–Crippen LogP) is 5.62. The fraction of sp³-hybridized carbons (Fsp3) is 0.182. The van der Waals surface area contributed by atoms with Crippen molar-refractivity contribution >= 4 is 21.0 Å². The molecule has 0 saturated heterocycles. The third-order valence-corrected chi connectivity index (χ3v) is 8.28. The zero-order valence-corrected chi connectivity index (χ0v) is 19.7. The van der Waals surface area contributed by atoms with Gasteiger partial charge in [-0.2, -0.15) is 34.8 Å². The highest BCUT2D eigenvalue weighted by Gasteiger charge is 2.77. The first-order chi connectivity index (χ1) is 16.9. The average Bonchev–Trinajstić information content (AvgIpc) is 2.78. The van der Waals surface area contributed by atoms with Crippen LogP contribution in [0.15, 0.2) is 87.5 Å². The minimum atomic E-state index is -7.00. The number of ether oxygens (including phenoxy) is 1. The van der Waals surface area contributed by atoms with Crippen LogP contribution in [0.25, 0.3) is 0 Å². The molecule has 2 unspecified atom stereocenters. The van der Waals surface area contributed by atoms with Crippen LogP contribution in [0.4, 0.5) is 30.7 Å². The van der Waals surface area contributed by atoms with Gasteiger partial charge < -0.3 is 14.9 Å². The summed E-state index contributed by atoms with van der Waals surface area (Å²) in [5.74, 6) is -1.09. The van der Waals surface area contributed by atoms with E-state index in [4.69, 9.17) is 4.55 Å². The third-order valence-electron chi connectivity index (χ3n) is 4.85. The van der Waals surface area contributed by atoms with E-state index in [2.05, 4.69) is 4.74 Å². The second kappa shape index (κ2) is 9.95. The van der Waals surface area contributed by atoms with Crippen molar-refractivity contribution in [1.82, 2.24) is 0 Å². The summed E-state index contributed by atoms with van der Waals surface area (Å²) in [6.07, 6.45) is -17.6. The minimum Gasteiger partial charge on any atom is -0.508 e. The molecule has 0 spiro atoms. The number of aromatic hydroxyl groups is 2. The molecule has 3 aromatic carbocycles. The van der Waals surface area contributed by atoms with Crippen LogP contribution >= 0.6 is 0 Å². The van der Waals surface area contributed by atoms with Gasteiger partial charge in [0.2, 0.25) is 0 Å². The number of rotatable bonds is 7. The van der Waals surface area contributed by atoms with E-state index in [9.17, 15) is 49.4 Å². The standard InChI is InChI=1S/C22H15F7O6S2/c23-20(22(27,28)29,37(32,33)34)19(21(24,25)26)35-15-5-11-18(12-6-15)36(16-7-1-13(30)2-8-16)17-9-3-14(31)4-10-17/h1-12,19H,(H2-,30,31,32,33,34)/p+1. The highest BCUT2D eigenvalue weighted by Crippen LogP contribution is 2.47. The average molecular weight is 573 g/mol. The summed E-state index contributed by atoms with van der Waals surface area (Å²) < 4.78 is 129. The normalized spacial score (nSPS) is 15.3. The molecule has 3 aromatic rings. The van der Waals surface area contributed by atoms with Crippen molar-refractivity contribution in [3.05, 3.63) is 72.8 Å². The van der Waals surface area contributed by atoms with Gasteiger partial charge >= 0.3 is 27.5 Å². The maximum Gasteiger partial charge on any atom is 0.444 e. The summed E-state index contributed by atoms with van der Waals surface area (Å²) in [4.78, 5) is 1.57. The van der Waals surface area contributed by atoms with Gasteiger partial charge in [0.05, 0.1) is 10.9 Å². The summed E-state index contributed by atoms with van der Waals surface area (Å²) in [6.45, 7) is 0. The molecule has 15 heteroatoms. The number of halogens is 7. The quantitative estimate of drug-likeness (QED) is 0.193. The molecule has 0 aliphatic carbocycles. The smallest absolute Gasteiger partial charge is 0.444 e.